The smallest absolute Gasteiger partial charge is 0.299 e. The topological polar surface area (TPSA) is 63.4 Å². The number of anilines is 1. The first-order valence-electron chi connectivity index (χ1n) is 5.64. The molecule has 0 atom stereocenters. The highest BCUT2D eigenvalue weighted by molar-refractivity contribution is 9.10. The first-order valence-corrected chi connectivity index (χ1v) is 6.43. The Kier molecular flexibility index (Phi) is 2.74. The number of benzene rings is 1. The van der Waals surface area contributed by atoms with Crippen LogP contribution in [-0.4, -0.2) is 16.8 Å². The van der Waals surface area contributed by atoms with Gasteiger partial charge in [0.1, 0.15) is 11.5 Å². The van der Waals surface area contributed by atoms with Crippen LogP contribution in [-0.2, 0) is 11.3 Å². The summed E-state index contributed by atoms with van der Waals surface area (Å²) < 4.78 is 5.73. The highest BCUT2D eigenvalue weighted by Crippen LogP contribution is 2.32. The number of carbonyl (C=O) groups excluding carboxylic acids is 2. The number of hydrogen-bond donors (Lipinski definition) is 0. The Labute approximate surface area is 117 Å². The van der Waals surface area contributed by atoms with Crippen LogP contribution in [0.2, 0.25) is 0 Å². The molecule has 0 saturated heterocycles. The van der Waals surface area contributed by atoms with Crippen molar-refractivity contribution in [1.82, 2.24) is 5.16 Å². The van der Waals surface area contributed by atoms with Gasteiger partial charge in [-0.05, 0) is 25.1 Å². The number of rotatable bonds is 2. The number of hydrogen-bond acceptors (Lipinski definition) is 4. The molecule has 1 aliphatic heterocycles. The van der Waals surface area contributed by atoms with E-state index < -0.39 is 11.7 Å². The average Bonchev–Trinajstić information content (AvgIpc) is 2.88. The molecule has 0 radical (unpaired) electrons. The van der Waals surface area contributed by atoms with Gasteiger partial charge in [0.2, 0.25) is 0 Å². The third kappa shape index (κ3) is 1.98. The number of aromatic nitrogens is 1. The van der Waals surface area contributed by atoms with E-state index in [1.807, 2.05) is 0 Å². The van der Waals surface area contributed by atoms with E-state index in [9.17, 15) is 9.59 Å². The van der Waals surface area contributed by atoms with E-state index in [-0.39, 0.29) is 6.54 Å². The Balaban J connectivity index is 1.99. The van der Waals surface area contributed by atoms with Crippen molar-refractivity contribution in [2.75, 3.05) is 4.90 Å². The predicted molar refractivity (Wildman–Crippen MR) is 70.9 cm³/mol. The molecule has 1 aromatic carbocycles. The Morgan fingerprint density at radius 1 is 1.32 bits per heavy atom. The first kappa shape index (κ1) is 12.1. The maximum absolute atomic E-state index is 12.0. The number of halogens is 1. The molecule has 0 saturated carbocycles. The van der Waals surface area contributed by atoms with Crippen molar-refractivity contribution in [2.24, 2.45) is 0 Å². The van der Waals surface area contributed by atoms with Crippen molar-refractivity contribution in [2.45, 2.75) is 13.5 Å². The molecule has 2 heterocycles. The van der Waals surface area contributed by atoms with Gasteiger partial charge in [0, 0.05) is 10.5 Å². The minimum absolute atomic E-state index is 0.233. The van der Waals surface area contributed by atoms with E-state index >= 15 is 0 Å². The molecule has 0 fully saturated rings. The number of ketones is 1. The van der Waals surface area contributed by atoms with E-state index in [0.717, 1.165) is 4.47 Å². The van der Waals surface area contributed by atoms with E-state index in [0.29, 0.717) is 22.7 Å². The fourth-order valence-corrected chi connectivity index (χ4v) is 2.45. The van der Waals surface area contributed by atoms with Gasteiger partial charge in [-0.1, -0.05) is 21.1 Å². The number of Topliss-reactive ketones (excluding diaryl/α,β-unsaturated/α-hetero) is 1. The summed E-state index contributed by atoms with van der Waals surface area (Å²) in [5.74, 6) is -0.353. The Morgan fingerprint density at radius 2 is 2.11 bits per heavy atom. The molecule has 1 aliphatic rings. The Morgan fingerprint density at radius 3 is 2.79 bits per heavy atom. The third-order valence-corrected chi connectivity index (χ3v) is 3.42. The molecule has 0 N–H and O–H groups in total. The fraction of sp³-hybridized carbons (Fsp3) is 0.154. The molecule has 0 aliphatic carbocycles. The van der Waals surface area contributed by atoms with Crippen LogP contribution in [0, 0.1) is 6.92 Å². The van der Waals surface area contributed by atoms with Crippen LogP contribution >= 0.6 is 15.9 Å². The van der Waals surface area contributed by atoms with Gasteiger partial charge < -0.3 is 4.52 Å². The first-order chi connectivity index (χ1) is 9.06. The van der Waals surface area contributed by atoms with Gasteiger partial charge in [0.05, 0.1) is 17.8 Å². The largest absolute Gasteiger partial charge is 0.361 e. The zero-order valence-electron chi connectivity index (χ0n) is 10.0. The molecule has 1 aromatic heterocycles. The monoisotopic (exact) mass is 320 g/mol. The summed E-state index contributed by atoms with van der Waals surface area (Å²) >= 11 is 3.29. The summed E-state index contributed by atoms with van der Waals surface area (Å²) in [7, 11) is 0. The minimum Gasteiger partial charge on any atom is -0.361 e. The quantitative estimate of drug-likeness (QED) is 0.797. The molecule has 1 amide bonds. The highest BCUT2D eigenvalue weighted by Gasteiger charge is 2.36. The molecule has 5 nitrogen and oxygen atoms in total. The lowest BCUT2D eigenvalue weighted by Crippen LogP contribution is -2.29. The fourth-order valence-electron chi connectivity index (χ4n) is 2.08. The Hall–Kier alpha value is -1.95. The van der Waals surface area contributed by atoms with E-state index in [1.165, 1.54) is 4.90 Å². The van der Waals surface area contributed by atoms with Crippen LogP contribution in [0.5, 0.6) is 0 Å². The van der Waals surface area contributed by atoms with Gasteiger partial charge in [0.15, 0.2) is 0 Å². The van der Waals surface area contributed by atoms with Crippen molar-refractivity contribution < 1.29 is 14.1 Å². The van der Waals surface area contributed by atoms with Crippen molar-refractivity contribution in [3.8, 4) is 0 Å². The zero-order valence-corrected chi connectivity index (χ0v) is 11.6. The molecule has 0 spiro atoms. The molecule has 0 unspecified atom stereocenters. The molecule has 3 rings (SSSR count). The normalized spacial score (nSPS) is 14.1. The van der Waals surface area contributed by atoms with Crippen molar-refractivity contribution >= 4 is 33.3 Å². The molecule has 2 aromatic rings. The SMILES string of the molecule is Cc1cc(CN2C(=O)C(=O)c3cc(Br)ccc32)no1. The van der Waals surface area contributed by atoms with E-state index in [2.05, 4.69) is 21.1 Å². The third-order valence-electron chi connectivity index (χ3n) is 2.93. The lowest BCUT2D eigenvalue weighted by Gasteiger charge is -2.14. The number of amides is 1. The molecule has 19 heavy (non-hydrogen) atoms. The van der Waals surface area contributed by atoms with Crippen LogP contribution in [0.1, 0.15) is 21.8 Å². The maximum Gasteiger partial charge on any atom is 0.299 e. The van der Waals surface area contributed by atoms with Gasteiger partial charge >= 0.3 is 0 Å². The molecule has 0 bridgehead atoms. The van der Waals surface area contributed by atoms with Crippen LogP contribution in [0.4, 0.5) is 5.69 Å². The predicted octanol–water partition coefficient (Wildman–Crippen LogP) is 2.48. The lowest BCUT2D eigenvalue weighted by molar-refractivity contribution is -0.114. The molecule has 6 heteroatoms. The second-order valence-electron chi connectivity index (χ2n) is 4.31. The van der Waals surface area contributed by atoms with Gasteiger partial charge in [-0.2, -0.15) is 0 Å². The summed E-state index contributed by atoms with van der Waals surface area (Å²) in [6, 6.07) is 6.94. The second kappa shape index (κ2) is 4.31. The summed E-state index contributed by atoms with van der Waals surface area (Å²) in [6.07, 6.45) is 0. The van der Waals surface area contributed by atoms with Crippen LogP contribution in [0.15, 0.2) is 33.3 Å². The Bertz CT molecular complexity index is 693. The summed E-state index contributed by atoms with van der Waals surface area (Å²) in [4.78, 5) is 25.3. The van der Waals surface area contributed by atoms with Gasteiger partial charge in [-0.25, -0.2) is 0 Å². The van der Waals surface area contributed by atoms with Crippen LogP contribution in [0.25, 0.3) is 0 Å². The second-order valence-corrected chi connectivity index (χ2v) is 5.23. The van der Waals surface area contributed by atoms with E-state index in [4.69, 9.17) is 4.52 Å². The maximum atomic E-state index is 12.0. The van der Waals surface area contributed by atoms with E-state index in [1.54, 1.807) is 31.2 Å². The number of aryl methyl sites for hydroxylation is 1. The van der Waals surface area contributed by atoms with Gasteiger partial charge in [-0.3, -0.25) is 14.5 Å². The van der Waals surface area contributed by atoms with Crippen molar-refractivity contribution in [3.63, 3.8) is 0 Å². The molecular formula is C13H9BrN2O3. The minimum atomic E-state index is -0.534. The number of fused-ring (bicyclic) bond motifs is 1. The van der Waals surface area contributed by atoms with Crippen LogP contribution in [0.3, 0.4) is 0 Å². The van der Waals surface area contributed by atoms with Gasteiger partial charge in [0.25, 0.3) is 11.7 Å². The standard InChI is InChI=1S/C13H9BrN2O3/c1-7-4-9(15-19-7)6-16-11-3-2-8(14)5-10(11)12(17)13(16)18/h2-5H,6H2,1H3. The van der Waals surface area contributed by atoms with Crippen molar-refractivity contribution in [1.29, 1.82) is 0 Å². The number of nitrogens with zero attached hydrogens (tertiary/aromatic N) is 2. The highest BCUT2D eigenvalue weighted by atomic mass is 79.9. The zero-order chi connectivity index (χ0) is 13.6. The average molecular weight is 321 g/mol. The summed E-state index contributed by atoms with van der Waals surface area (Å²) in [5, 5.41) is 3.84. The van der Waals surface area contributed by atoms with Gasteiger partial charge in [-0.15, -0.1) is 0 Å². The number of carbonyl (C=O) groups is 2. The van der Waals surface area contributed by atoms with Crippen LogP contribution < -0.4 is 4.90 Å². The lowest BCUT2D eigenvalue weighted by atomic mass is 10.1. The molecule has 96 valence electrons. The summed E-state index contributed by atoms with van der Waals surface area (Å²) in [5.41, 5.74) is 1.65. The molecular weight excluding hydrogens is 312 g/mol. The van der Waals surface area contributed by atoms with Crippen molar-refractivity contribution in [3.05, 3.63) is 45.8 Å². The summed E-state index contributed by atoms with van der Waals surface area (Å²) in [6.45, 7) is 2.01.